The molecule has 2 atom stereocenters. The van der Waals surface area contributed by atoms with Gasteiger partial charge in [0.1, 0.15) is 18.5 Å². The van der Waals surface area contributed by atoms with E-state index in [0.717, 1.165) is 22.4 Å². The van der Waals surface area contributed by atoms with Crippen LogP contribution in [-0.4, -0.2) is 46.8 Å². The molecule has 0 aromatic heterocycles. The smallest absolute Gasteiger partial charge is 0.306 e. The maximum absolute atomic E-state index is 11.0. The fourth-order valence-corrected chi connectivity index (χ4v) is 3.65. The first-order valence-electron chi connectivity index (χ1n) is 7.86. The monoisotopic (exact) mass is 305 g/mol. The van der Waals surface area contributed by atoms with Crippen LogP contribution in [0.1, 0.15) is 35.6 Å². The molecule has 1 saturated heterocycles. The van der Waals surface area contributed by atoms with E-state index in [2.05, 4.69) is 11.0 Å². The van der Waals surface area contributed by atoms with Crippen LogP contribution in [0.3, 0.4) is 0 Å². The maximum atomic E-state index is 11.0. The standard InChI is InChI=1S/C17H23NO4/c1-10-7-11(2)16-13(8-10)15(19)14(9-22-16)18-5-3-12(4-6-18)17(20)21/h7-8,12,14-15,19H,3-6,9H2,1-2H3,(H,20,21). The number of aliphatic hydroxyl groups is 1. The van der Waals surface area contributed by atoms with E-state index < -0.39 is 12.1 Å². The molecule has 1 aromatic carbocycles. The van der Waals surface area contributed by atoms with Gasteiger partial charge in [-0.2, -0.15) is 0 Å². The van der Waals surface area contributed by atoms with E-state index in [1.54, 1.807) is 0 Å². The number of benzene rings is 1. The number of rotatable bonds is 2. The van der Waals surface area contributed by atoms with Gasteiger partial charge in [0.15, 0.2) is 0 Å². The zero-order valence-electron chi connectivity index (χ0n) is 13.1. The van der Waals surface area contributed by atoms with Crippen molar-refractivity contribution in [1.82, 2.24) is 4.90 Å². The fourth-order valence-electron chi connectivity index (χ4n) is 3.65. The van der Waals surface area contributed by atoms with Gasteiger partial charge in [-0.1, -0.05) is 11.6 Å². The van der Waals surface area contributed by atoms with Crippen molar-refractivity contribution in [2.45, 2.75) is 38.8 Å². The number of hydrogen-bond donors (Lipinski definition) is 2. The number of aliphatic hydroxyl groups excluding tert-OH is 1. The molecule has 22 heavy (non-hydrogen) atoms. The predicted octanol–water partition coefficient (Wildman–Crippen LogP) is 1.89. The quantitative estimate of drug-likeness (QED) is 0.873. The number of likely N-dealkylation sites (tertiary alicyclic amines) is 1. The summed E-state index contributed by atoms with van der Waals surface area (Å²) in [4.78, 5) is 13.2. The van der Waals surface area contributed by atoms with Gasteiger partial charge >= 0.3 is 5.97 Å². The number of piperidine rings is 1. The van der Waals surface area contributed by atoms with Crippen LogP contribution in [0.4, 0.5) is 0 Å². The van der Waals surface area contributed by atoms with Crippen LogP contribution in [0.2, 0.25) is 0 Å². The number of aryl methyl sites for hydroxylation is 2. The summed E-state index contributed by atoms with van der Waals surface area (Å²) in [7, 11) is 0. The molecule has 1 fully saturated rings. The molecule has 0 spiro atoms. The van der Waals surface area contributed by atoms with Crippen LogP contribution < -0.4 is 4.74 Å². The lowest BCUT2D eigenvalue weighted by atomic mass is 9.91. The average Bonchev–Trinajstić information content (AvgIpc) is 2.48. The van der Waals surface area contributed by atoms with Gasteiger partial charge in [0.2, 0.25) is 0 Å². The zero-order chi connectivity index (χ0) is 15.9. The van der Waals surface area contributed by atoms with Crippen LogP contribution >= 0.6 is 0 Å². The average molecular weight is 305 g/mol. The van der Waals surface area contributed by atoms with E-state index in [-0.39, 0.29) is 12.0 Å². The number of ether oxygens (including phenoxy) is 1. The Labute approximate surface area is 130 Å². The molecule has 2 aliphatic rings. The number of hydrogen-bond acceptors (Lipinski definition) is 4. The third-order valence-electron chi connectivity index (χ3n) is 4.88. The molecule has 2 unspecified atom stereocenters. The molecule has 0 saturated carbocycles. The van der Waals surface area contributed by atoms with Gasteiger partial charge in [-0.3, -0.25) is 9.69 Å². The Balaban J connectivity index is 1.76. The summed E-state index contributed by atoms with van der Waals surface area (Å²) in [6, 6.07) is 3.95. The van der Waals surface area contributed by atoms with E-state index in [9.17, 15) is 9.90 Å². The first kappa shape index (κ1) is 15.3. The van der Waals surface area contributed by atoms with Gasteiger partial charge in [-0.05, 0) is 51.4 Å². The third-order valence-corrected chi connectivity index (χ3v) is 4.88. The first-order chi connectivity index (χ1) is 10.5. The highest BCUT2D eigenvalue weighted by Crippen LogP contribution is 2.38. The van der Waals surface area contributed by atoms with Crippen LogP contribution in [0, 0.1) is 19.8 Å². The van der Waals surface area contributed by atoms with Crippen molar-refractivity contribution in [1.29, 1.82) is 0 Å². The van der Waals surface area contributed by atoms with Gasteiger partial charge in [-0.15, -0.1) is 0 Å². The van der Waals surface area contributed by atoms with E-state index in [1.807, 2.05) is 19.9 Å². The van der Waals surface area contributed by atoms with Crippen molar-refractivity contribution in [2.24, 2.45) is 5.92 Å². The largest absolute Gasteiger partial charge is 0.491 e. The molecule has 2 heterocycles. The highest BCUT2D eigenvalue weighted by Gasteiger charge is 2.37. The van der Waals surface area contributed by atoms with Crippen LogP contribution in [-0.2, 0) is 4.79 Å². The molecule has 3 rings (SSSR count). The summed E-state index contributed by atoms with van der Waals surface area (Å²) in [5.74, 6) is -0.166. The van der Waals surface area contributed by atoms with Crippen molar-refractivity contribution in [3.8, 4) is 5.75 Å². The number of aliphatic carboxylic acids is 1. The summed E-state index contributed by atoms with van der Waals surface area (Å²) < 4.78 is 5.90. The maximum Gasteiger partial charge on any atom is 0.306 e. The normalized spacial score (nSPS) is 26.3. The molecule has 0 bridgehead atoms. The van der Waals surface area contributed by atoms with E-state index in [0.29, 0.717) is 32.5 Å². The Bertz CT molecular complexity index is 578. The molecule has 120 valence electrons. The SMILES string of the molecule is Cc1cc(C)c2c(c1)C(O)C(N1CCC(C(=O)O)CC1)CO2. The molecule has 2 N–H and O–H groups in total. The number of nitrogens with zero attached hydrogens (tertiary/aromatic N) is 1. The van der Waals surface area contributed by atoms with Crippen molar-refractivity contribution in [3.63, 3.8) is 0 Å². The zero-order valence-corrected chi connectivity index (χ0v) is 13.1. The second-order valence-electron chi connectivity index (χ2n) is 6.47. The van der Waals surface area contributed by atoms with E-state index in [4.69, 9.17) is 9.84 Å². The molecule has 5 heteroatoms. The Morgan fingerprint density at radius 2 is 1.95 bits per heavy atom. The van der Waals surface area contributed by atoms with E-state index in [1.165, 1.54) is 0 Å². The number of carbonyl (C=O) groups is 1. The fraction of sp³-hybridized carbons (Fsp3) is 0.588. The first-order valence-corrected chi connectivity index (χ1v) is 7.86. The molecular formula is C17H23NO4. The number of fused-ring (bicyclic) bond motifs is 1. The molecule has 0 aliphatic carbocycles. The van der Waals surface area contributed by atoms with Crippen LogP contribution in [0.5, 0.6) is 5.75 Å². The summed E-state index contributed by atoms with van der Waals surface area (Å²) in [5, 5.41) is 19.8. The van der Waals surface area contributed by atoms with Crippen molar-refractivity contribution in [2.75, 3.05) is 19.7 Å². The molecule has 0 amide bonds. The molecule has 1 aromatic rings. The number of carboxylic acid groups (broad SMARTS) is 1. The van der Waals surface area contributed by atoms with Gasteiger partial charge in [0, 0.05) is 5.56 Å². The highest BCUT2D eigenvalue weighted by atomic mass is 16.5. The number of carboxylic acids is 1. The minimum atomic E-state index is -0.711. The van der Waals surface area contributed by atoms with Gasteiger partial charge in [0.05, 0.1) is 12.0 Å². The van der Waals surface area contributed by atoms with Crippen molar-refractivity contribution >= 4 is 5.97 Å². The highest BCUT2D eigenvalue weighted by molar-refractivity contribution is 5.70. The second kappa shape index (κ2) is 5.89. The topological polar surface area (TPSA) is 70.0 Å². The Hall–Kier alpha value is -1.59. The third kappa shape index (κ3) is 2.71. The second-order valence-corrected chi connectivity index (χ2v) is 6.47. The molecule has 2 aliphatic heterocycles. The van der Waals surface area contributed by atoms with E-state index >= 15 is 0 Å². The predicted molar refractivity (Wildman–Crippen MR) is 82.1 cm³/mol. The summed E-state index contributed by atoms with van der Waals surface area (Å²) >= 11 is 0. The molecular weight excluding hydrogens is 282 g/mol. The van der Waals surface area contributed by atoms with Crippen molar-refractivity contribution in [3.05, 3.63) is 28.8 Å². The lowest BCUT2D eigenvalue weighted by Crippen LogP contribution is -2.49. The summed E-state index contributed by atoms with van der Waals surface area (Å²) in [6.45, 7) is 5.86. The lowest BCUT2D eigenvalue weighted by molar-refractivity contribution is -0.143. The molecule has 5 nitrogen and oxygen atoms in total. The van der Waals surface area contributed by atoms with Crippen LogP contribution in [0.25, 0.3) is 0 Å². The van der Waals surface area contributed by atoms with Crippen LogP contribution in [0.15, 0.2) is 12.1 Å². The summed E-state index contributed by atoms with van der Waals surface area (Å²) in [5.41, 5.74) is 3.02. The minimum Gasteiger partial charge on any atom is -0.491 e. The molecule has 0 radical (unpaired) electrons. The Morgan fingerprint density at radius 1 is 1.27 bits per heavy atom. The summed E-state index contributed by atoms with van der Waals surface area (Å²) in [6.07, 6.45) is 0.694. The minimum absolute atomic E-state index is 0.0940. The van der Waals surface area contributed by atoms with Crippen molar-refractivity contribution < 1.29 is 19.7 Å². The van der Waals surface area contributed by atoms with Gasteiger partial charge in [0.25, 0.3) is 0 Å². The Kier molecular flexibility index (Phi) is 4.10. The Morgan fingerprint density at radius 3 is 2.59 bits per heavy atom. The van der Waals surface area contributed by atoms with Gasteiger partial charge < -0.3 is 14.9 Å². The van der Waals surface area contributed by atoms with Gasteiger partial charge in [-0.25, -0.2) is 0 Å². The lowest BCUT2D eigenvalue weighted by Gasteiger charge is -2.41.